The maximum atomic E-state index is 12.1. The van der Waals surface area contributed by atoms with Gasteiger partial charge in [0.15, 0.2) is 0 Å². The van der Waals surface area contributed by atoms with Gasteiger partial charge in [-0.15, -0.1) is 0 Å². The van der Waals surface area contributed by atoms with Crippen molar-refractivity contribution in [1.29, 1.82) is 0 Å². The van der Waals surface area contributed by atoms with Crippen LogP contribution in [0.15, 0.2) is 42.7 Å². The molecular weight excluding hydrogens is 421 g/mol. The standard InChI is InChI=1S/C23H25Cl2N3O2/c1-30-23(29)21-11-16(12-22-26-6-10-28(21)22)3-2-7-27-8-4-17(5-9-27)18-13-19(24)15-20(25)14-18/h6,10-15,17H,2-5,7-9H2,1H3. The van der Waals surface area contributed by atoms with Gasteiger partial charge in [-0.05, 0) is 92.7 Å². The first kappa shape index (κ1) is 21.2. The number of fused-ring (bicyclic) bond motifs is 1. The fourth-order valence-corrected chi connectivity index (χ4v) is 4.83. The average molecular weight is 446 g/mol. The molecule has 1 fully saturated rings. The number of rotatable bonds is 6. The highest BCUT2D eigenvalue weighted by Gasteiger charge is 2.21. The Hall–Kier alpha value is -2.08. The number of carbonyl (C=O) groups excluding carboxylic acids is 1. The molecule has 30 heavy (non-hydrogen) atoms. The van der Waals surface area contributed by atoms with Crippen LogP contribution < -0.4 is 0 Å². The number of benzene rings is 1. The Labute approximate surface area is 186 Å². The smallest absolute Gasteiger partial charge is 0.355 e. The Morgan fingerprint density at radius 2 is 1.87 bits per heavy atom. The molecule has 0 radical (unpaired) electrons. The van der Waals surface area contributed by atoms with Crippen molar-refractivity contribution >= 4 is 34.8 Å². The number of aryl methyl sites for hydroxylation is 1. The molecule has 2 aromatic heterocycles. The third-order valence-electron chi connectivity index (χ3n) is 5.84. The van der Waals surface area contributed by atoms with Crippen molar-refractivity contribution in [3.8, 4) is 0 Å². The normalized spacial score (nSPS) is 15.6. The number of likely N-dealkylation sites (tertiary alicyclic amines) is 1. The molecule has 0 amide bonds. The van der Waals surface area contributed by atoms with Crippen LogP contribution in [-0.2, 0) is 11.2 Å². The first-order chi connectivity index (χ1) is 14.5. The van der Waals surface area contributed by atoms with E-state index in [9.17, 15) is 4.79 Å². The van der Waals surface area contributed by atoms with Crippen molar-refractivity contribution in [3.63, 3.8) is 0 Å². The van der Waals surface area contributed by atoms with Crippen LogP contribution in [-0.4, -0.2) is 47.0 Å². The molecule has 0 spiro atoms. The molecule has 0 aliphatic carbocycles. The maximum absolute atomic E-state index is 12.1. The number of nitrogens with zero attached hydrogens (tertiary/aromatic N) is 3. The minimum absolute atomic E-state index is 0.344. The van der Waals surface area contributed by atoms with Crippen molar-refractivity contribution < 1.29 is 9.53 Å². The van der Waals surface area contributed by atoms with Crippen LogP contribution >= 0.6 is 23.2 Å². The van der Waals surface area contributed by atoms with Crippen LogP contribution in [0.4, 0.5) is 0 Å². The molecule has 0 atom stereocenters. The van der Waals surface area contributed by atoms with E-state index in [0.717, 1.165) is 56.5 Å². The third-order valence-corrected chi connectivity index (χ3v) is 6.28. The zero-order chi connectivity index (χ0) is 21.1. The molecule has 1 aliphatic rings. The highest BCUT2D eigenvalue weighted by Crippen LogP contribution is 2.32. The van der Waals surface area contributed by atoms with E-state index in [1.807, 2.05) is 24.3 Å². The van der Waals surface area contributed by atoms with Gasteiger partial charge in [0.1, 0.15) is 11.3 Å². The van der Waals surface area contributed by atoms with E-state index in [1.165, 1.54) is 12.7 Å². The summed E-state index contributed by atoms with van der Waals surface area (Å²) in [5.41, 5.74) is 3.64. The quantitative estimate of drug-likeness (QED) is 0.486. The van der Waals surface area contributed by atoms with E-state index in [-0.39, 0.29) is 5.97 Å². The zero-order valence-electron chi connectivity index (χ0n) is 17.0. The van der Waals surface area contributed by atoms with Gasteiger partial charge >= 0.3 is 5.97 Å². The predicted molar refractivity (Wildman–Crippen MR) is 120 cm³/mol. The Bertz CT molecular complexity index is 1020. The summed E-state index contributed by atoms with van der Waals surface area (Å²) in [7, 11) is 1.40. The molecule has 0 unspecified atom stereocenters. The molecule has 1 aromatic carbocycles. The Morgan fingerprint density at radius 3 is 2.57 bits per heavy atom. The lowest BCUT2D eigenvalue weighted by molar-refractivity contribution is 0.0592. The Kier molecular flexibility index (Phi) is 6.61. The van der Waals surface area contributed by atoms with Gasteiger partial charge < -0.3 is 9.64 Å². The molecule has 4 rings (SSSR count). The van der Waals surface area contributed by atoms with Gasteiger partial charge in [-0.1, -0.05) is 23.2 Å². The first-order valence-corrected chi connectivity index (χ1v) is 11.0. The van der Waals surface area contributed by atoms with Gasteiger partial charge in [0.05, 0.1) is 7.11 Å². The van der Waals surface area contributed by atoms with Crippen LogP contribution in [0.1, 0.15) is 46.8 Å². The van der Waals surface area contributed by atoms with E-state index >= 15 is 0 Å². The number of esters is 1. The highest BCUT2D eigenvalue weighted by molar-refractivity contribution is 6.34. The number of methoxy groups -OCH3 is 1. The number of imidazole rings is 1. The van der Waals surface area contributed by atoms with Crippen molar-refractivity contribution in [3.05, 3.63) is 69.6 Å². The van der Waals surface area contributed by atoms with Crippen LogP contribution in [0.25, 0.3) is 5.65 Å². The van der Waals surface area contributed by atoms with Crippen LogP contribution in [0.3, 0.4) is 0 Å². The predicted octanol–water partition coefficient (Wildman–Crippen LogP) is 5.24. The summed E-state index contributed by atoms with van der Waals surface area (Å²) < 4.78 is 6.68. The largest absolute Gasteiger partial charge is 0.464 e. The topological polar surface area (TPSA) is 46.8 Å². The maximum Gasteiger partial charge on any atom is 0.355 e. The molecule has 5 nitrogen and oxygen atoms in total. The molecule has 0 saturated carbocycles. The summed E-state index contributed by atoms with van der Waals surface area (Å²) in [6, 6.07) is 9.82. The molecule has 7 heteroatoms. The SMILES string of the molecule is COC(=O)c1cc(CCCN2CCC(c3cc(Cl)cc(Cl)c3)CC2)cc2nccn12. The minimum atomic E-state index is -0.344. The number of carbonyl (C=O) groups is 1. The van der Waals surface area contributed by atoms with Gasteiger partial charge in [0.2, 0.25) is 0 Å². The van der Waals surface area contributed by atoms with E-state index in [4.69, 9.17) is 27.9 Å². The van der Waals surface area contributed by atoms with Gasteiger partial charge in [-0.3, -0.25) is 4.40 Å². The summed E-state index contributed by atoms with van der Waals surface area (Å²) in [4.78, 5) is 18.9. The monoisotopic (exact) mass is 445 g/mol. The van der Waals surface area contributed by atoms with Crippen LogP contribution in [0.5, 0.6) is 0 Å². The van der Waals surface area contributed by atoms with Crippen molar-refractivity contribution in [2.75, 3.05) is 26.7 Å². The summed E-state index contributed by atoms with van der Waals surface area (Å²) >= 11 is 12.3. The number of hydrogen-bond acceptors (Lipinski definition) is 4. The minimum Gasteiger partial charge on any atom is -0.464 e. The van der Waals surface area contributed by atoms with E-state index in [1.54, 1.807) is 22.9 Å². The molecule has 3 heterocycles. The summed E-state index contributed by atoms with van der Waals surface area (Å²) in [5, 5.41) is 1.42. The summed E-state index contributed by atoms with van der Waals surface area (Å²) in [5.74, 6) is 0.172. The van der Waals surface area contributed by atoms with E-state index in [0.29, 0.717) is 21.7 Å². The molecule has 1 aliphatic heterocycles. The van der Waals surface area contributed by atoms with Gasteiger partial charge in [0, 0.05) is 22.4 Å². The first-order valence-electron chi connectivity index (χ1n) is 10.3. The molecule has 0 bridgehead atoms. The van der Waals surface area contributed by atoms with Gasteiger partial charge in [0.25, 0.3) is 0 Å². The van der Waals surface area contributed by atoms with E-state index < -0.39 is 0 Å². The number of pyridine rings is 1. The molecule has 1 saturated heterocycles. The third kappa shape index (κ3) is 4.80. The fraction of sp³-hybridized carbons (Fsp3) is 0.391. The number of ether oxygens (including phenoxy) is 1. The van der Waals surface area contributed by atoms with Crippen molar-refractivity contribution in [2.24, 2.45) is 0 Å². The average Bonchev–Trinajstić information content (AvgIpc) is 3.21. The lowest BCUT2D eigenvalue weighted by Gasteiger charge is -2.32. The lowest BCUT2D eigenvalue weighted by atomic mass is 9.89. The lowest BCUT2D eigenvalue weighted by Crippen LogP contribution is -2.33. The second-order valence-electron chi connectivity index (χ2n) is 7.82. The second-order valence-corrected chi connectivity index (χ2v) is 8.69. The molecule has 0 N–H and O–H groups in total. The fourth-order valence-electron chi connectivity index (χ4n) is 4.29. The van der Waals surface area contributed by atoms with Crippen LogP contribution in [0.2, 0.25) is 10.0 Å². The van der Waals surface area contributed by atoms with Gasteiger partial charge in [-0.2, -0.15) is 0 Å². The Balaban J connectivity index is 1.32. The van der Waals surface area contributed by atoms with E-state index in [2.05, 4.69) is 9.88 Å². The second kappa shape index (κ2) is 9.38. The zero-order valence-corrected chi connectivity index (χ0v) is 18.5. The number of halogens is 2. The highest BCUT2D eigenvalue weighted by atomic mass is 35.5. The number of aromatic nitrogens is 2. The van der Waals surface area contributed by atoms with Gasteiger partial charge in [-0.25, -0.2) is 9.78 Å². The number of piperidine rings is 1. The van der Waals surface area contributed by atoms with Crippen molar-refractivity contribution in [2.45, 2.75) is 31.6 Å². The summed E-state index contributed by atoms with van der Waals surface area (Å²) in [6.07, 6.45) is 7.64. The molecule has 3 aromatic rings. The summed E-state index contributed by atoms with van der Waals surface area (Å²) in [6.45, 7) is 3.18. The number of hydrogen-bond donors (Lipinski definition) is 0. The van der Waals surface area contributed by atoms with Crippen molar-refractivity contribution in [1.82, 2.24) is 14.3 Å². The molecular formula is C23H25Cl2N3O2. The van der Waals surface area contributed by atoms with Crippen LogP contribution in [0, 0.1) is 0 Å². The molecule has 158 valence electrons. The Morgan fingerprint density at radius 1 is 1.13 bits per heavy atom.